The molecule has 0 spiro atoms. The summed E-state index contributed by atoms with van der Waals surface area (Å²) in [6, 6.07) is 3.92. The maximum Gasteiger partial charge on any atom is 0.391 e. The van der Waals surface area contributed by atoms with E-state index in [1.54, 1.807) is 11.3 Å². The van der Waals surface area contributed by atoms with Gasteiger partial charge in [-0.25, -0.2) is 0 Å². The lowest BCUT2D eigenvalue weighted by Crippen LogP contribution is -2.45. The van der Waals surface area contributed by atoms with Crippen LogP contribution in [0.1, 0.15) is 30.7 Å². The molecule has 0 amide bonds. The van der Waals surface area contributed by atoms with Gasteiger partial charge in [-0.3, -0.25) is 4.90 Å². The number of hydrogen-bond acceptors (Lipinski definition) is 3. The molecule has 2 nitrogen and oxygen atoms in total. The Hall–Kier alpha value is -0.590. The van der Waals surface area contributed by atoms with Gasteiger partial charge < -0.3 is 5.73 Å². The summed E-state index contributed by atoms with van der Waals surface area (Å²) in [4.78, 5) is 3.24. The smallest absolute Gasteiger partial charge is 0.326 e. The summed E-state index contributed by atoms with van der Waals surface area (Å²) in [5.74, 6) is -1.15. The van der Waals surface area contributed by atoms with Crippen molar-refractivity contribution in [2.45, 2.75) is 38.0 Å². The minimum absolute atomic E-state index is 0.0363. The Morgan fingerprint density at radius 3 is 2.42 bits per heavy atom. The van der Waals surface area contributed by atoms with E-state index in [0.717, 1.165) is 4.88 Å². The van der Waals surface area contributed by atoms with Crippen LogP contribution in [0.25, 0.3) is 0 Å². The number of rotatable bonds is 3. The number of alkyl halides is 3. The minimum atomic E-state index is -4.06. The average Bonchev–Trinajstić information content (AvgIpc) is 2.82. The van der Waals surface area contributed by atoms with Crippen LogP contribution in [0, 0.1) is 5.92 Å². The van der Waals surface area contributed by atoms with Gasteiger partial charge in [-0.15, -0.1) is 11.3 Å². The van der Waals surface area contributed by atoms with Crippen molar-refractivity contribution in [3.05, 3.63) is 22.4 Å². The maximum atomic E-state index is 12.7. The molecule has 19 heavy (non-hydrogen) atoms. The highest BCUT2D eigenvalue weighted by Crippen LogP contribution is 2.37. The van der Waals surface area contributed by atoms with Crippen LogP contribution >= 0.6 is 11.3 Å². The zero-order chi connectivity index (χ0) is 14.0. The fourth-order valence-corrected chi connectivity index (χ4v) is 3.71. The zero-order valence-corrected chi connectivity index (χ0v) is 11.7. The van der Waals surface area contributed by atoms with Gasteiger partial charge in [0.05, 0.1) is 12.0 Å². The molecule has 2 atom stereocenters. The standard InChI is InChI=1S/C13H19F3N2S/c1-9(17)12(11-3-2-8-19-11)18-6-4-10(5-7-18)13(14,15)16/h2-3,8-10,12H,4-7,17H2,1H3. The highest BCUT2D eigenvalue weighted by molar-refractivity contribution is 7.10. The first-order valence-electron chi connectivity index (χ1n) is 6.49. The molecule has 0 aliphatic carbocycles. The van der Waals surface area contributed by atoms with Crippen molar-refractivity contribution in [2.75, 3.05) is 13.1 Å². The lowest BCUT2D eigenvalue weighted by Gasteiger charge is -2.39. The number of likely N-dealkylation sites (tertiary alicyclic amines) is 1. The predicted molar refractivity (Wildman–Crippen MR) is 71.1 cm³/mol. The highest BCUT2D eigenvalue weighted by atomic mass is 32.1. The van der Waals surface area contributed by atoms with Crippen LogP contribution in [0.3, 0.4) is 0 Å². The van der Waals surface area contributed by atoms with Crippen molar-refractivity contribution < 1.29 is 13.2 Å². The Labute approximate surface area is 115 Å². The molecule has 1 aliphatic heterocycles. The zero-order valence-electron chi connectivity index (χ0n) is 10.9. The largest absolute Gasteiger partial charge is 0.391 e. The van der Waals surface area contributed by atoms with Crippen molar-refractivity contribution in [2.24, 2.45) is 11.7 Å². The van der Waals surface area contributed by atoms with Crippen molar-refractivity contribution in [1.82, 2.24) is 4.90 Å². The Bertz CT molecular complexity index is 381. The van der Waals surface area contributed by atoms with Gasteiger partial charge in [-0.05, 0) is 44.3 Å². The van der Waals surface area contributed by atoms with E-state index in [0.29, 0.717) is 13.1 Å². The summed E-state index contributed by atoms with van der Waals surface area (Å²) < 4.78 is 38.0. The van der Waals surface area contributed by atoms with Crippen molar-refractivity contribution in [3.63, 3.8) is 0 Å². The third-order valence-electron chi connectivity index (χ3n) is 3.72. The summed E-state index contributed by atoms with van der Waals surface area (Å²) in [5, 5.41) is 1.98. The minimum Gasteiger partial charge on any atom is -0.326 e. The molecule has 2 rings (SSSR count). The summed E-state index contributed by atoms with van der Waals surface area (Å²) in [6.45, 7) is 2.85. The molecule has 0 aromatic carbocycles. The fraction of sp³-hybridized carbons (Fsp3) is 0.692. The van der Waals surface area contributed by atoms with E-state index in [4.69, 9.17) is 5.73 Å². The molecule has 0 radical (unpaired) electrons. The second-order valence-corrected chi connectivity index (χ2v) is 6.15. The molecule has 6 heteroatoms. The summed E-state index contributed by atoms with van der Waals surface area (Å²) >= 11 is 1.62. The molecule has 1 aliphatic rings. The molecule has 0 saturated carbocycles. The van der Waals surface area contributed by atoms with E-state index in [9.17, 15) is 13.2 Å². The molecule has 1 saturated heterocycles. The topological polar surface area (TPSA) is 29.3 Å². The SMILES string of the molecule is CC(N)C(c1cccs1)N1CCC(C(F)(F)F)CC1. The van der Waals surface area contributed by atoms with Crippen LogP contribution in [-0.2, 0) is 0 Å². The van der Waals surface area contributed by atoms with Crippen LogP contribution in [0.15, 0.2) is 17.5 Å². The monoisotopic (exact) mass is 292 g/mol. The van der Waals surface area contributed by atoms with E-state index in [1.165, 1.54) is 0 Å². The molecule has 1 fully saturated rings. The van der Waals surface area contributed by atoms with Crippen molar-refractivity contribution in [1.29, 1.82) is 0 Å². The first kappa shape index (κ1) is 14.8. The van der Waals surface area contributed by atoms with Crippen molar-refractivity contribution >= 4 is 11.3 Å². The Kier molecular flexibility index (Phi) is 4.53. The van der Waals surface area contributed by atoms with Gasteiger partial charge >= 0.3 is 6.18 Å². The normalized spacial score (nSPS) is 22.4. The summed E-state index contributed by atoms with van der Waals surface area (Å²) in [5.41, 5.74) is 6.02. The molecule has 0 bridgehead atoms. The van der Waals surface area contributed by atoms with Gasteiger partial charge in [-0.2, -0.15) is 13.2 Å². The quantitative estimate of drug-likeness (QED) is 0.925. The second-order valence-electron chi connectivity index (χ2n) is 5.17. The first-order valence-corrected chi connectivity index (χ1v) is 7.37. The second kappa shape index (κ2) is 5.81. The fourth-order valence-electron chi connectivity index (χ4n) is 2.74. The van der Waals surface area contributed by atoms with Gasteiger partial charge in [0, 0.05) is 10.9 Å². The third kappa shape index (κ3) is 3.49. The van der Waals surface area contributed by atoms with Gasteiger partial charge in [0.15, 0.2) is 0 Å². The van der Waals surface area contributed by atoms with Crippen LogP contribution in [0.2, 0.25) is 0 Å². The van der Waals surface area contributed by atoms with Crippen LogP contribution < -0.4 is 5.73 Å². The maximum absolute atomic E-state index is 12.7. The molecule has 2 heterocycles. The molecule has 2 unspecified atom stereocenters. The Morgan fingerprint density at radius 1 is 1.37 bits per heavy atom. The summed E-state index contributed by atoms with van der Waals surface area (Å²) in [6.07, 6.45) is -3.70. The lowest BCUT2D eigenvalue weighted by molar-refractivity contribution is -0.186. The van der Waals surface area contributed by atoms with Crippen LogP contribution in [0.4, 0.5) is 13.2 Å². The third-order valence-corrected chi connectivity index (χ3v) is 4.66. The molecular formula is C13H19F3N2S. The Balaban J connectivity index is 2.03. The van der Waals surface area contributed by atoms with E-state index in [1.807, 2.05) is 24.4 Å². The average molecular weight is 292 g/mol. The number of nitrogens with two attached hydrogens (primary N) is 1. The Morgan fingerprint density at radius 2 is 2.00 bits per heavy atom. The van der Waals surface area contributed by atoms with Gasteiger partial charge in [0.2, 0.25) is 0 Å². The number of piperidine rings is 1. The number of halogens is 3. The van der Waals surface area contributed by atoms with E-state index < -0.39 is 12.1 Å². The lowest BCUT2D eigenvalue weighted by atomic mass is 9.94. The van der Waals surface area contributed by atoms with E-state index >= 15 is 0 Å². The van der Waals surface area contributed by atoms with Crippen LogP contribution in [-0.4, -0.2) is 30.2 Å². The van der Waals surface area contributed by atoms with Gasteiger partial charge in [-0.1, -0.05) is 6.07 Å². The molecule has 108 valence electrons. The molecule has 1 aromatic rings. The molecular weight excluding hydrogens is 273 g/mol. The number of nitrogens with zero attached hydrogens (tertiary/aromatic N) is 1. The highest BCUT2D eigenvalue weighted by Gasteiger charge is 2.42. The molecule has 2 N–H and O–H groups in total. The number of hydrogen-bond donors (Lipinski definition) is 1. The van der Waals surface area contributed by atoms with Crippen LogP contribution in [0.5, 0.6) is 0 Å². The summed E-state index contributed by atoms with van der Waals surface area (Å²) in [7, 11) is 0. The van der Waals surface area contributed by atoms with Crippen molar-refractivity contribution in [3.8, 4) is 0 Å². The predicted octanol–water partition coefficient (Wildman–Crippen LogP) is 3.41. The molecule has 1 aromatic heterocycles. The van der Waals surface area contributed by atoms with E-state index in [2.05, 4.69) is 4.90 Å². The van der Waals surface area contributed by atoms with E-state index in [-0.39, 0.29) is 24.9 Å². The van der Waals surface area contributed by atoms with Gasteiger partial charge in [0.1, 0.15) is 0 Å². The first-order chi connectivity index (χ1) is 8.89. The number of thiophene rings is 1. The van der Waals surface area contributed by atoms with Gasteiger partial charge in [0.25, 0.3) is 0 Å².